The Morgan fingerprint density at radius 2 is 1.50 bits per heavy atom. The molecule has 2 N–H and O–H groups in total. The van der Waals surface area contributed by atoms with Gasteiger partial charge in [-0.1, -0.05) is 78.9 Å². The van der Waals surface area contributed by atoms with Crippen LogP contribution in [0.15, 0.2) is 97.2 Å². The predicted molar refractivity (Wildman–Crippen MR) is 141 cm³/mol. The van der Waals surface area contributed by atoms with Crippen molar-refractivity contribution in [2.45, 2.75) is 25.8 Å². The first-order valence-corrected chi connectivity index (χ1v) is 11.9. The number of carbonyl (C=O) groups is 2. The molecule has 0 aliphatic heterocycles. The van der Waals surface area contributed by atoms with Crippen molar-refractivity contribution < 1.29 is 14.7 Å². The molecule has 7 heteroatoms. The minimum atomic E-state index is -0.739. The molecule has 184 valence electrons. The molecule has 0 saturated heterocycles. The summed E-state index contributed by atoms with van der Waals surface area (Å²) in [5.41, 5.74) is 3.21. The molecule has 0 fully saturated rings. The van der Waals surface area contributed by atoms with Gasteiger partial charge in [0.05, 0.1) is 18.2 Å². The summed E-state index contributed by atoms with van der Waals surface area (Å²) in [6.07, 6.45) is 1.88. The molecular formula is C29H30N4O3. The summed E-state index contributed by atoms with van der Waals surface area (Å²) in [4.78, 5) is 32.7. The standard InChI is InChI=1S/C29H30N4O3/c1-21(2)32(28(36)25(20-34)22-12-6-3-7-13-22)19-27(35)31-29-30-26(23-14-8-4-9-15-23)18-33(29)24-16-10-5-11-17-24/h3-18,21,25,34H,19-20H2,1-2H3,(H,30,31,35). The van der Waals surface area contributed by atoms with E-state index in [-0.39, 0.29) is 31.0 Å². The molecule has 1 aromatic heterocycles. The number of hydrogen-bond donors (Lipinski definition) is 2. The Bertz CT molecular complexity index is 1290. The highest BCUT2D eigenvalue weighted by Gasteiger charge is 2.29. The van der Waals surface area contributed by atoms with Crippen LogP contribution in [0, 0.1) is 0 Å². The largest absolute Gasteiger partial charge is 0.395 e. The molecule has 4 rings (SSSR count). The zero-order valence-electron chi connectivity index (χ0n) is 20.4. The number of rotatable bonds is 9. The van der Waals surface area contributed by atoms with E-state index in [1.54, 1.807) is 12.1 Å². The summed E-state index contributed by atoms with van der Waals surface area (Å²) < 4.78 is 1.82. The molecule has 36 heavy (non-hydrogen) atoms. The molecular weight excluding hydrogens is 452 g/mol. The highest BCUT2D eigenvalue weighted by Crippen LogP contribution is 2.25. The van der Waals surface area contributed by atoms with Crippen molar-refractivity contribution in [2.75, 3.05) is 18.5 Å². The SMILES string of the molecule is CC(C)N(CC(=O)Nc1nc(-c2ccccc2)cn1-c1ccccc1)C(=O)C(CO)c1ccccc1. The van der Waals surface area contributed by atoms with Gasteiger partial charge >= 0.3 is 0 Å². The molecule has 0 radical (unpaired) electrons. The van der Waals surface area contributed by atoms with Crippen LogP contribution < -0.4 is 5.32 Å². The number of aromatic nitrogens is 2. The van der Waals surface area contributed by atoms with Gasteiger partial charge in [-0.15, -0.1) is 0 Å². The molecule has 0 aliphatic carbocycles. The van der Waals surface area contributed by atoms with E-state index < -0.39 is 5.92 Å². The second kappa shape index (κ2) is 11.5. The minimum absolute atomic E-state index is 0.165. The summed E-state index contributed by atoms with van der Waals surface area (Å²) in [5.74, 6) is -1.05. The van der Waals surface area contributed by atoms with E-state index in [0.29, 0.717) is 11.5 Å². The van der Waals surface area contributed by atoms with E-state index in [1.807, 2.05) is 103 Å². The third-order valence-electron chi connectivity index (χ3n) is 5.96. The van der Waals surface area contributed by atoms with Gasteiger partial charge in [-0.25, -0.2) is 4.98 Å². The van der Waals surface area contributed by atoms with Crippen molar-refractivity contribution in [3.8, 4) is 16.9 Å². The van der Waals surface area contributed by atoms with Crippen LogP contribution in [0.3, 0.4) is 0 Å². The number of amides is 2. The Morgan fingerprint density at radius 3 is 2.08 bits per heavy atom. The van der Waals surface area contributed by atoms with E-state index in [4.69, 9.17) is 0 Å². The maximum atomic E-state index is 13.3. The van der Waals surface area contributed by atoms with Gasteiger partial charge in [0.25, 0.3) is 0 Å². The monoisotopic (exact) mass is 482 g/mol. The summed E-state index contributed by atoms with van der Waals surface area (Å²) >= 11 is 0. The Balaban J connectivity index is 1.58. The normalized spacial score (nSPS) is 11.8. The van der Waals surface area contributed by atoms with Crippen LogP contribution in [0.2, 0.25) is 0 Å². The zero-order valence-corrected chi connectivity index (χ0v) is 20.4. The van der Waals surface area contributed by atoms with Crippen LogP contribution in [0.4, 0.5) is 5.95 Å². The second-order valence-electron chi connectivity index (χ2n) is 8.78. The average molecular weight is 483 g/mol. The van der Waals surface area contributed by atoms with E-state index in [0.717, 1.165) is 16.9 Å². The maximum absolute atomic E-state index is 13.3. The molecule has 2 amide bonds. The summed E-state index contributed by atoms with van der Waals surface area (Å²) in [6.45, 7) is 3.20. The van der Waals surface area contributed by atoms with E-state index in [2.05, 4.69) is 10.3 Å². The van der Waals surface area contributed by atoms with Crippen LogP contribution in [0.25, 0.3) is 16.9 Å². The number of carbonyl (C=O) groups excluding carboxylic acids is 2. The van der Waals surface area contributed by atoms with Gasteiger partial charge in [0, 0.05) is 23.5 Å². The van der Waals surface area contributed by atoms with E-state index in [1.165, 1.54) is 4.90 Å². The van der Waals surface area contributed by atoms with Crippen LogP contribution in [-0.2, 0) is 9.59 Å². The van der Waals surface area contributed by atoms with Crippen molar-refractivity contribution in [1.29, 1.82) is 0 Å². The van der Waals surface area contributed by atoms with Gasteiger partial charge in [0.2, 0.25) is 17.8 Å². The van der Waals surface area contributed by atoms with Crippen molar-refractivity contribution in [3.05, 3.63) is 103 Å². The number of benzene rings is 3. The van der Waals surface area contributed by atoms with Crippen LogP contribution in [-0.4, -0.2) is 50.6 Å². The van der Waals surface area contributed by atoms with Crippen LogP contribution in [0.1, 0.15) is 25.3 Å². The lowest BCUT2D eigenvalue weighted by Gasteiger charge is -2.29. The Kier molecular flexibility index (Phi) is 7.92. The fourth-order valence-corrected chi connectivity index (χ4v) is 4.05. The first-order chi connectivity index (χ1) is 17.5. The number of nitrogens with zero attached hydrogens (tertiary/aromatic N) is 3. The topological polar surface area (TPSA) is 87.5 Å². The zero-order chi connectivity index (χ0) is 25.5. The Hall–Kier alpha value is -4.23. The Morgan fingerprint density at radius 1 is 0.917 bits per heavy atom. The first-order valence-electron chi connectivity index (χ1n) is 11.9. The van der Waals surface area contributed by atoms with Gasteiger partial charge in [-0.3, -0.25) is 19.5 Å². The molecule has 0 bridgehead atoms. The molecule has 0 spiro atoms. The van der Waals surface area contributed by atoms with Crippen LogP contribution >= 0.6 is 0 Å². The number of anilines is 1. The number of imidazole rings is 1. The van der Waals surface area contributed by atoms with E-state index >= 15 is 0 Å². The molecule has 4 aromatic rings. The predicted octanol–water partition coefficient (Wildman–Crippen LogP) is 4.49. The summed E-state index contributed by atoms with van der Waals surface area (Å²) in [5, 5.41) is 12.9. The summed E-state index contributed by atoms with van der Waals surface area (Å²) in [7, 11) is 0. The van der Waals surface area contributed by atoms with Crippen LogP contribution in [0.5, 0.6) is 0 Å². The fraction of sp³-hybridized carbons (Fsp3) is 0.207. The number of hydrogen-bond acceptors (Lipinski definition) is 4. The quantitative estimate of drug-likeness (QED) is 0.368. The second-order valence-corrected chi connectivity index (χ2v) is 8.78. The third kappa shape index (κ3) is 5.70. The smallest absolute Gasteiger partial charge is 0.246 e. The number of aliphatic hydroxyl groups is 1. The van der Waals surface area contributed by atoms with Crippen molar-refractivity contribution in [2.24, 2.45) is 0 Å². The highest BCUT2D eigenvalue weighted by molar-refractivity contribution is 5.95. The minimum Gasteiger partial charge on any atom is -0.395 e. The maximum Gasteiger partial charge on any atom is 0.246 e. The van der Waals surface area contributed by atoms with Crippen molar-refractivity contribution in [3.63, 3.8) is 0 Å². The number of aliphatic hydroxyl groups excluding tert-OH is 1. The first kappa shape index (κ1) is 24.9. The van der Waals surface area contributed by atoms with Gasteiger partial charge < -0.3 is 10.0 Å². The molecule has 3 aromatic carbocycles. The summed E-state index contributed by atoms with van der Waals surface area (Å²) in [6, 6.07) is 28.2. The molecule has 0 saturated carbocycles. The lowest BCUT2D eigenvalue weighted by atomic mass is 9.98. The van der Waals surface area contributed by atoms with Crippen molar-refractivity contribution in [1.82, 2.24) is 14.5 Å². The highest BCUT2D eigenvalue weighted by atomic mass is 16.3. The molecule has 1 atom stereocenters. The molecule has 7 nitrogen and oxygen atoms in total. The number of nitrogens with one attached hydrogen (secondary N) is 1. The fourth-order valence-electron chi connectivity index (χ4n) is 4.05. The van der Waals surface area contributed by atoms with Gasteiger partial charge in [-0.2, -0.15) is 0 Å². The molecule has 1 unspecified atom stereocenters. The molecule has 0 aliphatic rings. The third-order valence-corrected chi connectivity index (χ3v) is 5.96. The molecule has 1 heterocycles. The lowest BCUT2D eigenvalue weighted by molar-refractivity contribution is -0.138. The average Bonchev–Trinajstić information content (AvgIpc) is 3.32. The van der Waals surface area contributed by atoms with Gasteiger partial charge in [0.1, 0.15) is 6.54 Å². The Labute approximate surface area is 211 Å². The number of para-hydroxylation sites is 1. The van der Waals surface area contributed by atoms with Gasteiger partial charge in [0.15, 0.2) is 0 Å². The lowest BCUT2D eigenvalue weighted by Crippen LogP contribution is -2.45. The van der Waals surface area contributed by atoms with E-state index in [9.17, 15) is 14.7 Å². The van der Waals surface area contributed by atoms with Gasteiger partial charge in [-0.05, 0) is 31.5 Å². The van der Waals surface area contributed by atoms with Crippen molar-refractivity contribution >= 4 is 17.8 Å².